The number of hydrogen-bond donors (Lipinski definition) is 1. The van der Waals surface area contributed by atoms with Crippen molar-refractivity contribution in [3.63, 3.8) is 0 Å². The van der Waals surface area contributed by atoms with Crippen LogP contribution in [-0.2, 0) is 9.53 Å². The second-order valence-electron chi connectivity index (χ2n) is 7.51. The number of amides is 1. The molecule has 150 valence electrons. The molecule has 0 atom stereocenters. The molecule has 0 aliphatic carbocycles. The molecule has 1 amide bonds. The van der Waals surface area contributed by atoms with Crippen LogP contribution in [0.2, 0.25) is 0 Å². The van der Waals surface area contributed by atoms with Crippen LogP contribution in [0.3, 0.4) is 0 Å². The zero-order valence-corrected chi connectivity index (χ0v) is 17.2. The Morgan fingerprint density at radius 1 is 1.03 bits per heavy atom. The summed E-state index contributed by atoms with van der Waals surface area (Å²) < 4.78 is 5.18. The maximum Gasteiger partial charge on any atom is 0.338 e. The van der Waals surface area contributed by atoms with Crippen molar-refractivity contribution in [1.29, 1.82) is 5.26 Å². The van der Waals surface area contributed by atoms with Crippen LogP contribution in [-0.4, -0.2) is 18.5 Å². The molecule has 0 saturated heterocycles. The van der Waals surface area contributed by atoms with Gasteiger partial charge in [0.2, 0.25) is 0 Å². The van der Waals surface area contributed by atoms with Crippen molar-refractivity contribution in [3.8, 4) is 6.07 Å². The Morgan fingerprint density at radius 3 is 2.17 bits per heavy atom. The maximum atomic E-state index is 12.4. The number of anilines is 1. The predicted molar refractivity (Wildman–Crippen MR) is 114 cm³/mol. The largest absolute Gasteiger partial charge is 0.462 e. The van der Waals surface area contributed by atoms with E-state index in [1.165, 1.54) is 5.56 Å². The summed E-state index contributed by atoms with van der Waals surface area (Å²) in [6, 6.07) is 16.1. The fourth-order valence-electron chi connectivity index (χ4n) is 2.51. The highest BCUT2D eigenvalue weighted by molar-refractivity contribution is 6.09. The Balaban J connectivity index is 2.05. The van der Waals surface area contributed by atoms with Crippen LogP contribution >= 0.6 is 0 Å². The topological polar surface area (TPSA) is 79.2 Å². The zero-order valence-electron chi connectivity index (χ0n) is 17.2. The first-order chi connectivity index (χ1) is 13.8. The molecule has 0 heterocycles. The Labute approximate surface area is 172 Å². The average molecular weight is 390 g/mol. The first-order valence-electron chi connectivity index (χ1n) is 9.60. The monoisotopic (exact) mass is 390 g/mol. The number of nitrogens with one attached hydrogen (secondary N) is 1. The van der Waals surface area contributed by atoms with Gasteiger partial charge >= 0.3 is 5.97 Å². The summed E-state index contributed by atoms with van der Waals surface area (Å²) >= 11 is 0. The van der Waals surface area contributed by atoms with E-state index in [0.717, 1.165) is 5.56 Å². The second kappa shape index (κ2) is 10.2. The first kappa shape index (κ1) is 21.9. The fraction of sp³-hybridized carbons (Fsp3) is 0.292. The quantitative estimate of drug-likeness (QED) is 0.402. The smallest absolute Gasteiger partial charge is 0.338 e. The van der Waals surface area contributed by atoms with E-state index in [4.69, 9.17) is 4.74 Å². The maximum absolute atomic E-state index is 12.4. The van der Waals surface area contributed by atoms with Gasteiger partial charge in [-0.05, 0) is 53.3 Å². The minimum absolute atomic E-state index is 0.00252. The van der Waals surface area contributed by atoms with E-state index in [1.807, 2.05) is 44.2 Å². The van der Waals surface area contributed by atoms with Gasteiger partial charge in [0.05, 0.1) is 12.2 Å². The predicted octanol–water partition coefficient (Wildman–Crippen LogP) is 5.17. The van der Waals surface area contributed by atoms with Gasteiger partial charge in [0, 0.05) is 5.69 Å². The fourth-order valence-corrected chi connectivity index (χ4v) is 2.51. The highest BCUT2D eigenvalue weighted by Gasteiger charge is 2.12. The minimum atomic E-state index is -0.504. The van der Waals surface area contributed by atoms with Crippen molar-refractivity contribution in [1.82, 2.24) is 0 Å². The van der Waals surface area contributed by atoms with Gasteiger partial charge in [0.15, 0.2) is 0 Å². The molecule has 0 spiro atoms. The summed E-state index contributed by atoms with van der Waals surface area (Å²) in [6.07, 6.45) is 1.55. The van der Waals surface area contributed by atoms with Crippen LogP contribution in [0.5, 0.6) is 0 Å². The number of nitriles is 1. The van der Waals surface area contributed by atoms with Crippen molar-refractivity contribution in [2.75, 3.05) is 11.9 Å². The highest BCUT2D eigenvalue weighted by Crippen LogP contribution is 2.17. The summed E-state index contributed by atoms with van der Waals surface area (Å²) in [5, 5.41) is 12.0. The molecule has 0 bridgehead atoms. The number of rotatable bonds is 7. The van der Waals surface area contributed by atoms with Gasteiger partial charge in [0.25, 0.3) is 5.91 Å². The molecule has 0 fully saturated rings. The van der Waals surface area contributed by atoms with E-state index < -0.39 is 11.9 Å². The molecule has 0 radical (unpaired) electrons. The molecule has 0 unspecified atom stereocenters. The highest BCUT2D eigenvalue weighted by atomic mass is 16.5. The average Bonchev–Trinajstić information content (AvgIpc) is 2.71. The van der Waals surface area contributed by atoms with Crippen LogP contribution in [0.1, 0.15) is 55.1 Å². The lowest BCUT2D eigenvalue weighted by Crippen LogP contribution is -2.14. The van der Waals surface area contributed by atoms with Gasteiger partial charge in [-0.2, -0.15) is 5.26 Å². The molecule has 0 aliphatic heterocycles. The number of esters is 1. The van der Waals surface area contributed by atoms with E-state index >= 15 is 0 Å². The van der Waals surface area contributed by atoms with E-state index in [2.05, 4.69) is 19.2 Å². The Morgan fingerprint density at radius 2 is 1.66 bits per heavy atom. The Bertz CT molecular complexity index is 918. The summed E-state index contributed by atoms with van der Waals surface area (Å²) in [5.41, 5.74) is 2.88. The lowest BCUT2D eigenvalue weighted by atomic mass is 10.0. The van der Waals surface area contributed by atoms with Crippen LogP contribution in [0.25, 0.3) is 6.08 Å². The van der Waals surface area contributed by atoms with Crippen molar-refractivity contribution < 1.29 is 14.3 Å². The third-order valence-electron chi connectivity index (χ3n) is 4.21. The molecule has 0 aliphatic rings. The van der Waals surface area contributed by atoms with Gasteiger partial charge in [-0.15, -0.1) is 0 Å². The molecular formula is C24H26N2O3. The van der Waals surface area contributed by atoms with Crippen molar-refractivity contribution >= 4 is 23.6 Å². The van der Waals surface area contributed by atoms with Crippen LogP contribution in [0.4, 0.5) is 5.69 Å². The van der Waals surface area contributed by atoms with Gasteiger partial charge in [-0.25, -0.2) is 4.79 Å². The molecule has 1 N–H and O–H groups in total. The summed E-state index contributed by atoms with van der Waals surface area (Å²) in [7, 11) is 0. The van der Waals surface area contributed by atoms with Crippen molar-refractivity contribution in [3.05, 3.63) is 70.8 Å². The number of carbonyl (C=O) groups is 2. The normalized spacial score (nSPS) is 11.3. The number of ether oxygens (including phenoxy) is 1. The molecule has 29 heavy (non-hydrogen) atoms. The van der Waals surface area contributed by atoms with E-state index in [0.29, 0.717) is 23.8 Å². The lowest BCUT2D eigenvalue weighted by molar-refractivity contribution is -0.112. The minimum Gasteiger partial charge on any atom is -0.462 e. The first-order valence-corrected chi connectivity index (χ1v) is 9.60. The number of hydrogen-bond acceptors (Lipinski definition) is 4. The van der Waals surface area contributed by atoms with Gasteiger partial charge in [-0.3, -0.25) is 4.79 Å². The number of nitrogens with zero attached hydrogens (tertiary/aromatic N) is 1. The molecule has 2 aromatic carbocycles. The third-order valence-corrected chi connectivity index (χ3v) is 4.21. The van der Waals surface area contributed by atoms with E-state index in [9.17, 15) is 14.9 Å². The lowest BCUT2D eigenvalue weighted by Gasteiger charge is -2.08. The molecule has 5 nitrogen and oxygen atoms in total. The molecule has 2 aromatic rings. The molecular weight excluding hydrogens is 364 g/mol. The summed E-state index contributed by atoms with van der Waals surface area (Å²) in [6.45, 7) is 8.49. The van der Waals surface area contributed by atoms with E-state index in [1.54, 1.807) is 30.3 Å². The Kier molecular flexibility index (Phi) is 7.73. The van der Waals surface area contributed by atoms with Crippen LogP contribution in [0.15, 0.2) is 54.1 Å². The Hall–Kier alpha value is -3.39. The van der Waals surface area contributed by atoms with E-state index in [-0.39, 0.29) is 11.5 Å². The molecule has 0 aromatic heterocycles. The summed E-state index contributed by atoms with van der Waals surface area (Å²) in [4.78, 5) is 24.4. The second-order valence-corrected chi connectivity index (χ2v) is 7.51. The van der Waals surface area contributed by atoms with Gasteiger partial charge < -0.3 is 10.1 Å². The molecule has 0 saturated carbocycles. The van der Waals surface area contributed by atoms with Crippen molar-refractivity contribution in [2.24, 2.45) is 5.92 Å². The SMILES string of the molecule is CC(C)COC(=O)c1ccc(NC(=O)/C(C#N)=C/c2ccc(C(C)C)cc2)cc1. The number of benzene rings is 2. The third kappa shape index (κ3) is 6.62. The van der Waals surface area contributed by atoms with Gasteiger partial charge in [-0.1, -0.05) is 52.0 Å². The number of carbonyl (C=O) groups excluding carboxylic acids is 2. The van der Waals surface area contributed by atoms with Crippen LogP contribution < -0.4 is 5.32 Å². The summed E-state index contributed by atoms with van der Waals surface area (Å²) in [5.74, 6) is -0.234. The zero-order chi connectivity index (χ0) is 21.4. The molecule has 5 heteroatoms. The van der Waals surface area contributed by atoms with Crippen molar-refractivity contribution in [2.45, 2.75) is 33.6 Å². The standard InChI is InChI=1S/C24H26N2O3/c1-16(2)15-29-24(28)20-9-11-22(12-10-20)26-23(27)21(14-25)13-18-5-7-19(8-6-18)17(3)4/h5-13,16-17H,15H2,1-4H3,(H,26,27)/b21-13+. The molecule has 2 rings (SSSR count). The van der Waals surface area contributed by atoms with Gasteiger partial charge in [0.1, 0.15) is 11.6 Å². The van der Waals surface area contributed by atoms with Crippen LogP contribution in [0, 0.1) is 17.2 Å².